The number of H-pyrrole nitrogens is 1. The third-order valence-electron chi connectivity index (χ3n) is 7.08. The first kappa shape index (κ1) is 22.4. The van der Waals surface area contributed by atoms with Gasteiger partial charge < -0.3 is 19.8 Å². The van der Waals surface area contributed by atoms with Crippen molar-refractivity contribution < 1.29 is 9.59 Å². The van der Waals surface area contributed by atoms with Gasteiger partial charge in [0.05, 0.1) is 17.1 Å². The second-order valence-electron chi connectivity index (χ2n) is 9.49. The van der Waals surface area contributed by atoms with E-state index in [4.69, 9.17) is 0 Å². The van der Waals surface area contributed by atoms with Crippen molar-refractivity contribution in [3.05, 3.63) is 63.8 Å². The van der Waals surface area contributed by atoms with Crippen LogP contribution in [0.3, 0.4) is 0 Å². The Hall–Kier alpha value is -3.42. The Balaban J connectivity index is 1.46. The normalized spacial score (nSPS) is 17.7. The highest BCUT2D eigenvalue weighted by molar-refractivity contribution is 5.99. The van der Waals surface area contributed by atoms with Gasteiger partial charge in [-0.1, -0.05) is 25.0 Å². The molecule has 0 radical (unpaired) electrons. The fourth-order valence-electron chi connectivity index (χ4n) is 5.11. The molecule has 0 bridgehead atoms. The summed E-state index contributed by atoms with van der Waals surface area (Å²) in [6, 6.07) is 7.43. The van der Waals surface area contributed by atoms with Crippen molar-refractivity contribution in [3.8, 4) is 0 Å². The van der Waals surface area contributed by atoms with Gasteiger partial charge >= 0.3 is 0 Å². The molecule has 2 aromatic heterocycles. The maximum Gasteiger partial charge on any atom is 0.259 e. The van der Waals surface area contributed by atoms with Gasteiger partial charge in [0.15, 0.2) is 0 Å². The molecule has 1 aliphatic heterocycles. The minimum atomic E-state index is -0.501. The molecule has 1 aliphatic carbocycles. The number of piperidine rings is 1. The van der Waals surface area contributed by atoms with Crippen molar-refractivity contribution >= 4 is 22.8 Å². The number of likely N-dealkylation sites (tertiary alicyclic amines) is 1. The van der Waals surface area contributed by atoms with Crippen LogP contribution in [0, 0.1) is 0 Å². The Labute approximate surface area is 198 Å². The van der Waals surface area contributed by atoms with Crippen molar-refractivity contribution in [3.63, 3.8) is 0 Å². The van der Waals surface area contributed by atoms with Crippen LogP contribution < -0.4 is 10.7 Å². The van der Waals surface area contributed by atoms with Gasteiger partial charge in [0.25, 0.3) is 11.8 Å². The number of pyridine rings is 1. The lowest BCUT2D eigenvalue weighted by molar-refractivity contribution is 0.0722. The van der Waals surface area contributed by atoms with Gasteiger partial charge in [0, 0.05) is 31.5 Å². The summed E-state index contributed by atoms with van der Waals surface area (Å²) in [4.78, 5) is 49.5. The number of carbonyl (C=O) groups is 2. The number of rotatable bonds is 5. The highest BCUT2D eigenvalue weighted by atomic mass is 16.2. The number of para-hydroxylation sites is 2. The number of hydrogen-bond acceptors (Lipinski definition) is 4. The second kappa shape index (κ2) is 9.44. The van der Waals surface area contributed by atoms with Crippen LogP contribution in [0.15, 0.2) is 41.5 Å². The summed E-state index contributed by atoms with van der Waals surface area (Å²) >= 11 is 0. The molecule has 178 valence electrons. The molecule has 1 saturated carbocycles. The summed E-state index contributed by atoms with van der Waals surface area (Å²) in [5.74, 6) is -0.138. The predicted octanol–water partition coefficient (Wildman–Crippen LogP) is 3.96. The smallest absolute Gasteiger partial charge is 0.259 e. The Morgan fingerprint density at radius 2 is 1.74 bits per heavy atom. The van der Waals surface area contributed by atoms with Gasteiger partial charge in [0.2, 0.25) is 5.43 Å². The van der Waals surface area contributed by atoms with Crippen molar-refractivity contribution in [1.82, 2.24) is 24.8 Å². The number of carbonyl (C=O) groups excluding carboxylic acids is 2. The Morgan fingerprint density at radius 1 is 1.03 bits per heavy atom. The number of fused-ring (bicyclic) bond motifs is 1. The first-order chi connectivity index (χ1) is 16.5. The first-order valence-electron chi connectivity index (χ1n) is 12.3. The average molecular weight is 462 g/mol. The third kappa shape index (κ3) is 4.36. The molecule has 0 unspecified atom stereocenters. The van der Waals surface area contributed by atoms with Crippen LogP contribution in [0.1, 0.15) is 90.5 Å². The molecular weight excluding hydrogens is 430 g/mol. The van der Waals surface area contributed by atoms with E-state index in [9.17, 15) is 14.4 Å². The molecule has 5 rings (SSSR count). The summed E-state index contributed by atoms with van der Waals surface area (Å²) in [6.07, 6.45) is 10.5. The molecule has 3 heterocycles. The summed E-state index contributed by atoms with van der Waals surface area (Å²) in [5.41, 5.74) is 1.31. The van der Waals surface area contributed by atoms with Crippen molar-refractivity contribution in [2.75, 3.05) is 13.1 Å². The fourth-order valence-corrected chi connectivity index (χ4v) is 5.11. The molecule has 1 aromatic carbocycles. The summed E-state index contributed by atoms with van der Waals surface area (Å²) in [5, 5.41) is 2.91. The van der Waals surface area contributed by atoms with E-state index in [0.717, 1.165) is 56.0 Å². The second-order valence-corrected chi connectivity index (χ2v) is 9.49. The van der Waals surface area contributed by atoms with Crippen LogP contribution in [-0.4, -0.2) is 44.3 Å². The van der Waals surface area contributed by atoms with E-state index in [1.165, 1.54) is 0 Å². The van der Waals surface area contributed by atoms with Crippen molar-refractivity contribution in [2.45, 2.75) is 64.0 Å². The number of imidazole rings is 1. The van der Waals surface area contributed by atoms with Crippen LogP contribution in [0.5, 0.6) is 0 Å². The molecule has 1 atom stereocenters. The van der Waals surface area contributed by atoms with E-state index < -0.39 is 17.4 Å². The van der Waals surface area contributed by atoms with Crippen LogP contribution in [0.25, 0.3) is 11.0 Å². The van der Waals surface area contributed by atoms with Crippen molar-refractivity contribution in [2.24, 2.45) is 0 Å². The number of amides is 2. The fraction of sp³-hybridized carbons (Fsp3) is 0.462. The molecule has 1 saturated heterocycles. The van der Waals surface area contributed by atoms with Gasteiger partial charge in [-0.2, -0.15) is 0 Å². The highest BCUT2D eigenvalue weighted by Gasteiger charge is 2.27. The number of benzene rings is 1. The topological polar surface area (TPSA) is 100 Å². The van der Waals surface area contributed by atoms with Crippen LogP contribution in [0.2, 0.25) is 0 Å². The van der Waals surface area contributed by atoms with Gasteiger partial charge in [-0.15, -0.1) is 0 Å². The molecule has 2 amide bonds. The molecule has 34 heavy (non-hydrogen) atoms. The molecule has 8 heteroatoms. The number of nitrogens with zero attached hydrogens (tertiary/aromatic N) is 3. The Kier molecular flexibility index (Phi) is 6.22. The van der Waals surface area contributed by atoms with Gasteiger partial charge in [-0.25, -0.2) is 4.98 Å². The highest BCUT2D eigenvalue weighted by Crippen LogP contribution is 2.29. The zero-order chi connectivity index (χ0) is 23.7. The third-order valence-corrected chi connectivity index (χ3v) is 7.08. The number of hydrogen-bond donors (Lipinski definition) is 2. The van der Waals surface area contributed by atoms with Gasteiger partial charge in [-0.3, -0.25) is 14.4 Å². The lowest BCUT2D eigenvalue weighted by Gasteiger charge is -2.27. The summed E-state index contributed by atoms with van der Waals surface area (Å²) in [6.45, 7) is 3.14. The van der Waals surface area contributed by atoms with E-state index in [0.29, 0.717) is 18.9 Å². The molecule has 3 aromatic rings. The minimum absolute atomic E-state index is 0.0118. The summed E-state index contributed by atoms with van der Waals surface area (Å²) < 4.78 is 1.92. The number of nitrogens with one attached hydrogen (secondary N) is 2. The molecule has 2 N–H and O–H groups in total. The minimum Gasteiger partial charge on any atom is -0.349 e. The average Bonchev–Trinajstić information content (AvgIpc) is 3.54. The van der Waals surface area contributed by atoms with E-state index in [1.54, 1.807) is 17.3 Å². The predicted molar refractivity (Wildman–Crippen MR) is 130 cm³/mol. The Morgan fingerprint density at radius 3 is 2.47 bits per heavy atom. The van der Waals surface area contributed by atoms with Crippen LogP contribution in [0.4, 0.5) is 0 Å². The number of aromatic nitrogens is 3. The molecular formula is C26H31N5O3. The maximum atomic E-state index is 13.4. The van der Waals surface area contributed by atoms with E-state index in [1.807, 2.05) is 35.8 Å². The molecule has 0 spiro atoms. The quantitative estimate of drug-likeness (QED) is 0.601. The van der Waals surface area contributed by atoms with E-state index in [2.05, 4.69) is 15.3 Å². The molecule has 8 nitrogen and oxygen atoms in total. The molecule has 2 fully saturated rings. The Bertz CT molecular complexity index is 1230. The SMILES string of the molecule is C[C@H](NC(=O)c1cn(C2CCCC2)cc(C(=O)N2CCCCC2)c1=O)c1nc2ccccc2[nH]1. The monoisotopic (exact) mass is 461 g/mol. The van der Waals surface area contributed by atoms with Crippen LogP contribution >= 0.6 is 0 Å². The first-order valence-corrected chi connectivity index (χ1v) is 12.3. The largest absolute Gasteiger partial charge is 0.349 e. The van der Waals surface area contributed by atoms with E-state index in [-0.39, 0.29) is 23.1 Å². The lowest BCUT2D eigenvalue weighted by atomic mass is 10.1. The van der Waals surface area contributed by atoms with E-state index >= 15 is 0 Å². The van der Waals surface area contributed by atoms with Gasteiger partial charge in [0.1, 0.15) is 17.0 Å². The van der Waals surface area contributed by atoms with Crippen LogP contribution in [-0.2, 0) is 0 Å². The standard InChI is InChI=1S/C26H31N5O3/c1-17(24-28-21-11-5-6-12-22(21)29-24)27-25(33)19-15-31(18-9-3-4-10-18)16-20(23(19)32)26(34)30-13-7-2-8-14-30/h5-6,11-12,15-18H,2-4,7-10,13-14H2,1H3,(H,27,33)(H,28,29)/t17-/m0/s1. The number of aromatic amines is 1. The zero-order valence-corrected chi connectivity index (χ0v) is 19.5. The zero-order valence-electron chi connectivity index (χ0n) is 19.5. The maximum absolute atomic E-state index is 13.4. The molecule has 2 aliphatic rings. The van der Waals surface area contributed by atoms with Gasteiger partial charge in [-0.05, 0) is 51.2 Å². The lowest BCUT2D eigenvalue weighted by Crippen LogP contribution is -2.40. The van der Waals surface area contributed by atoms with Crippen molar-refractivity contribution in [1.29, 1.82) is 0 Å². The summed E-state index contributed by atoms with van der Waals surface area (Å²) in [7, 11) is 0.